The fourth-order valence-corrected chi connectivity index (χ4v) is 2.27. The van der Waals surface area contributed by atoms with Crippen molar-refractivity contribution in [1.82, 2.24) is 15.6 Å². The maximum atomic E-state index is 5.47. The van der Waals surface area contributed by atoms with Crippen LogP contribution in [0.1, 0.15) is 32.4 Å². The van der Waals surface area contributed by atoms with Crippen LogP contribution >= 0.6 is 0 Å². The number of hydrazine groups is 1. The molecule has 1 rings (SSSR count). The van der Waals surface area contributed by atoms with E-state index in [-0.39, 0.29) is 6.04 Å². The van der Waals surface area contributed by atoms with Crippen molar-refractivity contribution in [3.05, 3.63) is 35.9 Å². The summed E-state index contributed by atoms with van der Waals surface area (Å²) < 4.78 is 0. The number of guanidine groups is 1. The number of benzene rings is 1. The molecule has 1 aromatic carbocycles. The average Bonchev–Trinajstić information content (AvgIpc) is 2.51. The van der Waals surface area contributed by atoms with Gasteiger partial charge in [-0.3, -0.25) is 15.3 Å². The molecule has 0 spiro atoms. The minimum absolute atomic E-state index is 0.271. The van der Waals surface area contributed by atoms with E-state index in [4.69, 9.17) is 5.84 Å². The second-order valence-corrected chi connectivity index (χ2v) is 4.51. The molecule has 0 saturated heterocycles. The summed E-state index contributed by atoms with van der Waals surface area (Å²) >= 11 is 0. The molecule has 0 aromatic heterocycles. The molecule has 0 saturated carbocycles. The maximum Gasteiger partial charge on any atom is 0.205 e. The van der Waals surface area contributed by atoms with E-state index >= 15 is 0 Å². The van der Waals surface area contributed by atoms with Gasteiger partial charge in [0.25, 0.3) is 0 Å². The van der Waals surface area contributed by atoms with E-state index in [0.29, 0.717) is 12.5 Å². The van der Waals surface area contributed by atoms with Gasteiger partial charge in [0.05, 0.1) is 12.6 Å². The minimum Gasteiger partial charge on any atom is -0.356 e. The molecular weight excluding hydrogens is 250 g/mol. The highest BCUT2D eigenvalue weighted by atomic mass is 15.3. The van der Waals surface area contributed by atoms with Crippen LogP contribution in [0.4, 0.5) is 0 Å². The first-order valence-electron chi connectivity index (χ1n) is 7.30. The Hall–Kier alpha value is -1.59. The summed E-state index contributed by atoms with van der Waals surface area (Å²) in [4.78, 5) is 6.95. The predicted molar refractivity (Wildman–Crippen MR) is 85.4 cm³/mol. The zero-order valence-corrected chi connectivity index (χ0v) is 12.8. The third-order valence-corrected chi connectivity index (χ3v) is 3.34. The van der Waals surface area contributed by atoms with Crippen LogP contribution in [-0.4, -0.2) is 37.0 Å². The normalized spacial score (nSPS) is 13.3. The number of hydrogen-bond donors (Lipinski definition) is 3. The number of nitrogens with two attached hydrogens (primary N) is 1. The van der Waals surface area contributed by atoms with E-state index < -0.39 is 0 Å². The first-order chi connectivity index (χ1) is 9.76. The van der Waals surface area contributed by atoms with Crippen LogP contribution < -0.4 is 16.6 Å². The number of hydrogen-bond acceptors (Lipinski definition) is 3. The zero-order valence-electron chi connectivity index (χ0n) is 12.8. The van der Waals surface area contributed by atoms with Crippen LogP contribution in [0.25, 0.3) is 0 Å². The van der Waals surface area contributed by atoms with E-state index in [0.717, 1.165) is 19.6 Å². The first kappa shape index (κ1) is 16.5. The van der Waals surface area contributed by atoms with E-state index in [9.17, 15) is 0 Å². The molecular formula is C15H27N5. The lowest BCUT2D eigenvalue weighted by Gasteiger charge is -2.29. The van der Waals surface area contributed by atoms with E-state index in [2.05, 4.69) is 58.7 Å². The van der Waals surface area contributed by atoms with Crippen LogP contribution in [0, 0.1) is 0 Å². The van der Waals surface area contributed by atoms with Gasteiger partial charge >= 0.3 is 0 Å². The van der Waals surface area contributed by atoms with Crippen LogP contribution in [0.5, 0.6) is 0 Å². The van der Waals surface area contributed by atoms with Gasteiger partial charge in [0.15, 0.2) is 0 Å². The van der Waals surface area contributed by atoms with Crippen molar-refractivity contribution >= 4 is 5.96 Å². The molecule has 5 heteroatoms. The highest BCUT2D eigenvalue weighted by Crippen LogP contribution is 2.20. The number of likely N-dealkylation sites (N-methyl/N-ethyl adjacent to an activating group) is 1. The minimum atomic E-state index is 0.271. The Morgan fingerprint density at radius 2 is 1.85 bits per heavy atom. The summed E-state index contributed by atoms with van der Waals surface area (Å²) in [5.41, 5.74) is 3.89. The monoisotopic (exact) mass is 277 g/mol. The molecule has 1 aromatic rings. The summed E-state index contributed by atoms with van der Waals surface area (Å²) in [5, 5.41) is 3.11. The topological polar surface area (TPSA) is 65.7 Å². The van der Waals surface area contributed by atoms with Crippen molar-refractivity contribution in [2.45, 2.75) is 26.8 Å². The van der Waals surface area contributed by atoms with Gasteiger partial charge in [-0.1, -0.05) is 44.2 Å². The quantitative estimate of drug-likeness (QED) is 0.306. The molecule has 4 N–H and O–H groups in total. The van der Waals surface area contributed by atoms with Gasteiger partial charge in [0, 0.05) is 6.54 Å². The van der Waals surface area contributed by atoms with Crippen LogP contribution in [0.15, 0.2) is 35.3 Å². The van der Waals surface area contributed by atoms with Crippen molar-refractivity contribution in [1.29, 1.82) is 0 Å². The van der Waals surface area contributed by atoms with Gasteiger partial charge in [0.2, 0.25) is 5.96 Å². The Kier molecular flexibility index (Phi) is 7.69. The summed E-state index contributed by atoms with van der Waals surface area (Å²) in [6.45, 7) is 9.84. The molecule has 1 atom stereocenters. The van der Waals surface area contributed by atoms with E-state index in [1.165, 1.54) is 5.56 Å². The molecule has 112 valence electrons. The summed E-state index contributed by atoms with van der Waals surface area (Å²) in [6, 6.07) is 10.8. The first-order valence-corrected chi connectivity index (χ1v) is 7.30. The second kappa shape index (κ2) is 9.34. The van der Waals surface area contributed by atoms with Gasteiger partial charge < -0.3 is 5.32 Å². The number of nitrogens with zero attached hydrogens (tertiary/aromatic N) is 2. The molecule has 0 bridgehead atoms. The Labute approximate surface area is 122 Å². The second-order valence-electron chi connectivity index (χ2n) is 4.51. The fraction of sp³-hybridized carbons (Fsp3) is 0.533. The molecule has 20 heavy (non-hydrogen) atoms. The zero-order chi connectivity index (χ0) is 14.8. The summed E-state index contributed by atoms with van der Waals surface area (Å²) in [7, 11) is 0. The average molecular weight is 277 g/mol. The Morgan fingerprint density at radius 1 is 1.20 bits per heavy atom. The molecule has 0 heterocycles. The van der Waals surface area contributed by atoms with Crippen molar-refractivity contribution < 1.29 is 0 Å². The Morgan fingerprint density at radius 3 is 2.35 bits per heavy atom. The molecule has 0 radical (unpaired) electrons. The largest absolute Gasteiger partial charge is 0.356 e. The Balaban J connectivity index is 2.88. The molecule has 0 aliphatic rings. The van der Waals surface area contributed by atoms with Crippen LogP contribution in [-0.2, 0) is 0 Å². The predicted octanol–water partition coefficient (Wildman–Crippen LogP) is 1.50. The highest BCUT2D eigenvalue weighted by Gasteiger charge is 2.17. The summed E-state index contributed by atoms with van der Waals surface area (Å²) in [6.07, 6.45) is 0. The molecule has 0 fully saturated rings. The third-order valence-electron chi connectivity index (χ3n) is 3.34. The molecule has 5 nitrogen and oxygen atoms in total. The van der Waals surface area contributed by atoms with Crippen LogP contribution in [0.2, 0.25) is 0 Å². The number of aliphatic imine (C=N–C) groups is 1. The van der Waals surface area contributed by atoms with Gasteiger partial charge in [0.1, 0.15) is 0 Å². The van der Waals surface area contributed by atoms with Crippen molar-refractivity contribution in [3.63, 3.8) is 0 Å². The smallest absolute Gasteiger partial charge is 0.205 e. The SMILES string of the molecule is CCNC(=NCC(c1ccccc1)N(CC)CC)NN. The van der Waals surface area contributed by atoms with Crippen molar-refractivity contribution in [2.75, 3.05) is 26.2 Å². The molecule has 0 aliphatic carbocycles. The molecule has 0 aliphatic heterocycles. The molecule has 1 unspecified atom stereocenters. The third kappa shape index (κ3) is 4.83. The van der Waals surface area contributed by atoms with Crippen molar-refractivity contribution in [3.8, 4) is 0 Å². The lowest BCUT2D eigenvalue weighted by atomic mass is 10.1. The number of nitrogens with one attached hydrogen (secondary N) is 2. The van der Waals surface area contributed by atoms with Gasteiger partial charge in [-0.25, -0.2) is 5.84 Å². The van der Waals surface area contributed by atoms with Crippen molar-refractivity contribution in [2.24, 2.45) is 10.8 Å². The maximum absolute atomic E-state index is 5.47. The lowest BCUT2D eigenvalue weighted by Crippen LogP contribution is -2.42. The van der Waals surface area contributed by atoms with E-state index in [1.54, 1.807) is 0 Å². The van der Waals surface area contributed by atoms with Gasteiger partial charge in [-0.05, 0) is 25.6 Å². The van der Waals surface area contributed by atoms with Gasteiger partial charge in [-0.15, -0.1) is 0 Å². The number of rotatable bonds is 7. The van der Waals surface area contributed by atoms with Gasteiger partial charge in [-0.2, -0.15) is 0 Å². The summed E-state index contributed by atoms with van der Waals surface area (Å²) in [5.74, 6) is 6.11. The molecule has 0 amide bonds. The standard InChI is InChI=1S/C15H27N5/c1-4-17-15(19-16)18-12-14(20(5-2)6-3)13-10-8-7-9-11-13/h7-11,14H,4-6,12,16H2,1-3H3,(H2,17,18,19). The van der Waals surface area contributed by atoms with E-state index in [1.807, 2.05) is 13.0 Å². The lowest BCUT2D eigenvalue weighted by molar-refractivity contribution is 0.224. The fourth-order valence-electron chi connectivity index (χ4n) is 2.27. The highest BCUT2D eigenvalue weighted by molar-refractivity contribution is 5.79. The van der Waals surface area contributed by atoms with Crippen LogP contribution in [0.3, 0.4) is 0 Å². The Bertz CT molecular complexity index is 387.